The molecule has 0 saturated carbocycles. The summed E-state index contributed by atoms with van der Waals surface area (Å²) in [4.78, 5) is 24.2. The van der Waals surface area contributed by atoms with Crippen molar-refractivity contribution in [3.63, 3.8) is 0 Å². The van der Waals surface area contributed by atoms with Gasteiger partial charge in [-0.25, -0.2) is 4.79 Å². The first-order valence-corrected chi connectivity index (χ1v) is 9.96. The monoisotopic (exact) mass is 450 g/mol. The van der Waals surface area contributed by atoms with E-state index in [-0.39, 0.29) is 29.1 Å². The minimum atomic E-state index is -4.98. The first kappa shape index (κ1) is 23.2. The van der Waals surface area contributed by atoms with E-state index >= 15 is 0 Å². The molecular weight excluding hydrogens is 429 g/mol. The lowest BCUT2D eigenvalue weighted by Gasteiger charge is -2.14. The van der Waals surface area contributed by atoms with E-state index in [1.54, 1.807) is 19.1 Å². The summed E-state index contributed by atoms with van der Waals surface area (Å²) >= 11 is 0. The zero-order chi connectivity index (χ0) is 23.3. The van der Waals surface area contributed by atoms with Crippen molar-refractivity contribution in [1.29, 1.82) is 0 Å². The highest BCUT2D eigenvalue weighted by molar-refractivity contribution is 5.80. The van der Waals surface area contributed by atoms with Crippen molar-refractivity contribution in [1.82, 2.24) is 0 Å². The topological polar surface area (TPSA) is 75.0 Å². The Balaban J connectivity index is 1.98. The highest BCUT2D eigenvalue weighted by Gasteiger charge is 2.40. The summed E-state index contributed by atoms with van der Waals surface area (Å²) in [5, 5.41) is -0.126. The molecule has 0 spiro atoms. The molecule has 170 valence electrons. The van der Waals surface area contributed by atoms with Crippen molar-refractivity contribution < 1.29 is 36.6 Å². The van der Waals surface area contributed by atoms with E-state index in [0.717, 1.165) is 24.5 Å². The standard InChI is InChI=1S/C23H21F3O6/c1-3-5-14-6-8-15(9-7-14)31-21-20(28)17-11-10-16(30-13-19(27)29-4-2)12-18(17)32-22(21)23(24,25)26/h6-12H,3-5,13H2,1-2H3. The summed E-state index contributed by atoms with van der Waals surface area (Å²) in [6.07, 6.45) is -3.25. The van der Waals surface area contributed by atoms with Crippen LogP contribution in [0.4, 0.5) is 13.2 Å². The van der Waals surface area contributed by atoms with Crippen LogP contribution in [0.15, 0.2) is 51.7 Å². The average molecular weight is 450 g/mol. The van der Waals surface area contributed by atoms with Crippen LogP contribution in [0.2, 0.25) is 0 Å². The van der Waals surface area contributed by atoms with Crippen molar-refractivity contribution >= 4 is 16.9 Å². The second-order valence-corrected chi connectivity index (χ2v) is 6.83. The van der Waals surface area contributed by atoms with Crippen LogP contribution in [-0.2, 0) is 22.1 Å². The lowest BCUT2D eigenvalue weighted by molar-refractivity contribution is -0.154. The highest BCUT2D eigenvalue weighted by atomic mass is 19.4. The third kappa shape index (κ3) is 5.40. The first-order valence-electron chi connectivity index (χ1n) is 9.96. The Morgan fingerprint density at radius 3 is 2.34 bits per heavy atom. The zero-order valence-corrected chi connectivity index (χ0v) is 17.5. The normalized spacial score (nSPS) is 11.4. The van der Waals surface area contributed by atoms with E-state index in [1.165, 1.54) is 24.3 Å². The lowest BCUT2D eigenvalue weighted by Crippen LogP contribution is -2.16. The Labute approximate surface area is 181 Å². The molecule has 0 fully saturated rings. The quantitative estimate of drug-likeness (QED) is 0.422. The van der Waals surface area contributed by atoms with Gasteiger partial charge in [-0.05, 0) is 43.2 Å². The minimum absolute atomic E-state index is 0.0435. The Kier molecular flexibility index (Phi) is 7.07. The van der Waals surface area contributed by atoms with Crippen LogP contribution in [0.3, 0.4) is 0 Å². The molecule has 1 aromatic heterocycles. The summed E-state index contributed by atoms with van der Waals surface area (Å²) in [6, 6.07) is 10.1. The predicted octanol–water partition coefficient (Wildman–Crippen LogP) is 5.50. The van der Waals surface area contributed by atoms with Gasteiger partial charge in [0.1, 0.15) is 17.1 Å². The summed E-state index contributed by atoms with van der Waals surface area (Å²) in [5.74, 6) is -3.03. The van der Waals surface area contributed by atoms with Crippen LogP contribution in [-0.4, -0.2) is 19.2 Å². The molecule has 0 atom stereocenters. The molecule has 2 aromatic carbocycles. The van der Waals surface area contributed by atoms with Gasteiger partial charge in [-0.2, -0.15) is 13.2 Å². The van der Waals surface area contributed by atoms with E-state index in [0.29, 0.717) is 0 Å². The lowest BCUT2D eigenvalue weighted by atomic mass is 10.1. The number of hydrogen-bond donors (Lipinski definition) is 0. The van der Waals surface area contributed by atoms with Gasteiger partial charge < -0.3 is 18.6 Å². The first-order chi connectivity index (χ1) is 15.2. The second kappa shape index (κ2) is 9.76. The van der Waals surface area contributed by atoms with Crippen LogP contribution in [0.25, 0.3) is 11.0 Å². The van der Waals surface area contributed by atoms with Gasteiger partial charge in [0, 0.05) is 6.07 Å². The molecule has 0 amide bonds. The number of hydrogen-bond acceptors (Lipinski definition) is 6. The Morgan fingerprint density at radius 2 is 1.72 bits per heavy atom. The molecule has 0 saturated heterocycles. The summed E-state index contributed by atoms with van der Waals surface area (Å²) in [5.41, 5.74) is -0.334. The van der Waals surface area contributed by atoms with Gasteiger partial charge >= 0.3 is 12.1 Å². The largest absolute Gasteiger partial charge is 0.482 e. The van der Waals surface area contributed by atoms with Crippen LogP contribution in [0.5, 0.6) is 17.2 Å². The van der Waals surface area contributed by atoms with Gasteiger partial charge in [0.15, 0.2) is 6.61 Å². The fraction of sp³-hybridized carbons (Fsp3) is 0.304. The number of carbonyl (C=O) groups is 1. The fourth-order valence-electron chi connectivity index (χ4n) is 3.00. The molecule has 6 nitrogen and oxygen atoms in total. The van der Waals surface area contributed by atoms with Crippen LogP contribution in [0, 0.1) is 0 Å². The Bertz CT molecular complexity index is 1150. The number of benzene rings is 2. The molecule has 0 bridgehead atoms. The van der Waals surface area contributed by atoms with Gasteiger partial charge in [-0.15, -0.1) is 0 Å². The maximum absolute atomic E-state index is 13.7. The van der Waals surface area contributed by atoms with Gasteiger partial charge in [-0.3, -0.25) is 4.79 Å². The summed E-state index contributed by atoms with van der Waals surface area (Å²) in [7, 11) is 0. The number of carbonyl (C=O) groups excluding carboxylic acids is 1. The van der Waals surface area contributed by atoms with Crippen molar-refractivity contribution in [3.8, 4) is 17.2 Å². The van der Waals surface area contributed by atoms with E-state index in [1.807, 2.05) is 6.92 Å². The number of esters is 1. The van der Waals surface area contributed by atoms with Crippen LogP contribution in [0.1, 0.15) is 31.6 Å². The average Bonchev–Trinajstić information content (AvgIpc) is 2.75. The highest BCUT2D eigenvalue weighted by Crippen LogP contribution is 2.38. The zero-order valence-electron chi connectivity index (χ0n) is 17.5. The molecule has 0 unspecified atom stereocenters. The SMILES string of the molecule is CCCc1ccc(Oc2c(C(F)(F)F)oc3cc(OCC(=O)OCC)ccc3c2=O)cc1. The number of aryl methyl sites for hydroxylation is 1. The van der Waals surface area contributed by atoms with Crippen molar-refractivity contribution in [2.75, 3.05) is 13.2 Å². The number of ether oxygens (including phenoxy) is 3. The maximum atomic E-state index is 13.7. The molecule has 0 radical (unpaired) electrons. The van der Waals surface area contributed by atoms with Crippen LogP contribution < -0.4 is 14.9 Å². The van der Waals surface area contributed by atoms with Gasteiger partial charge in [-0.1, -0.05) is 25.5 Å². The molecule has 3 aromatic rings. The number of halogens is 3. The van der Waals surface area contributed by atoms with Crippen molar-refractivity contribution in [2.24, 2.45) is 0 Å². The molecule has 0 aliphatic carbocycles. The van der Waals surface area contributed by atoms with E-state index in [4.69, 9.17) is 18.6 Å². The molecule has 0 aliphatic rings. The predicted molar refractivity (Wildman–Crippen MR) is 110 cm³/mol. The van der Waals surface area contributed by atoms with E-state index < -0.39 is 35.7 Å². The number of fused-ring (bicyclic) bond motifs is 1. The number of rotatable bonds is 8. The van der Waals surface area contributed by atoms with Gasteiger partial charge in [0.25, 0.3) is 5.76 Å². The third-order valence-electron chi connectivity index (χ3n) is 4.42. The molecule has 0 N–H and O–H groups in total. The smallest absolute Gasteiger partial charge is 0.453 e. The van der Waals surface area contributed by atoms with E-state index in [2.05, 4.69) is 0 Å². The molecular formula is C23H21F3O6. The molecule has 9 heteroatoms. The second-order valence-electron chi connectivity index (χ2n) is 6.83. The van der Waals surface area contributed by atoms with Crippen LogP contribution >= 0.6 is 0 Å². The van der Waals surface area contributed by atoms with Gasteiger partial charge in [0.05, 0.1) is 12.0 Å². The third-order valence-corrected chi connectivity index (χ3v) is 4.42. The number of alkyl halides is 3. The van der Waals surface area contributed by atoms with Crippen molar-refractivity contribution in [2.45, 2.75) is 32.9 Å². The van der Waals surface area contributed by atoms with E-state index in [9.17, 15) is 22.8 Å². The van der Waals surface area contributed by atoms with Crippen molar-refractivity contribution in [3.05, 3.63) is 64.0 Å². The Hall–Kier alpha value is -3.49. The fourth-order valence-corrected chi connectivity index (χ4v) is 3.00. The van der Waals surface area contributed by atoms with Gasteiger partial charge in [0.2, 0.25) is 11.2 Å². The molecule has 3 rings (SSSR count). The Morgan fingerprint density at radius 1 is 1.03 bits per heavy atom. The molecule has 0 aliphatic heterocycles. The maximum Gasteiger partial charge on any atom is 0.453 e. The molecule has 1 heterocycles. The summed E-state index contributed by atoms with van der Waals surface area (Å²) < 4.78 is 61.2. The molecule has 32 heavy (non-hydrogen) atoms. The summed E-state index contributed by atoms with van der Waals surface area (Å²) in [6.45, 7) is 3.35. The minimum Gasteiger partial charge on any atom is -0.482 e.